The molecule has 0 aliphatic carbocycles. The van der Waals surface area contributed by atoms with E-state index in [1.165, 1.54) is 22.9 Å². The molecule has 0 saturated heterocycles. The van der Waals surface area contributed by atoms with Crippen LogP contribution in [0, 0.1) is 5.82 Å². The molecule has 0 aliphatic heterocycles. The topological polar surface area (TPSA) is 81.1 Å². The van der Waals surface area contributed by atoms with Crippen LogP contribution in [0.1, 0.15) is 16.1 Å². The van der Waals surface area contributed by atoms with Crippen molar-refractivity contribution in [3.8, 4) is 11.3 Å². The molecule has 6 nitrogen and oxygen atoms in total. The number of carbonyl (C=O) groups excluding carboxylic acids is 1. The van der Waals surface area contributed by atoms with Crippen LogP contribution in [-0.2, 0) is 16.6 Å². The summed E-state index contributed by atoms with van der Waals surface area (Å²) in [6, 6.07) is 9.15. The van der Waals surface area contributed by atoms with Crippen molar-refractivity contribution in [2.24, 2.45) is 0 Å². The van der Waals surface area contributed by atoms with Gasteiger partial charge in [-0.05, 0) is 42.0 Å². The predicted octanol–water partition coefficient (Wildman–Crippen LogP) is 3.73. The number of halogens is 3. The van der Waals surface area contributed by atoms with E-state index in [-0.39, 0.29) is 12.2 Å². The summed E-state index contributed by atoms with van der Waals surface area (Å²) in [5, 5.41) is 0.860. The Balaban J connectivity index is 2.13. The average Bonchev–Trinajstić information content (AvgIpc) is 3.00. The van der Waals surface area contributed by atoms with Gasteiger partial charge in [-0.1, -0.05) is 23.2 Å². The minimum atomic E-state index is -3.77. The number of hydrogen-bond acceptors (Lipinski definition) is 4. The summed E-state index contributed by atoms with van der Waals surface area (Å²) in [6.45, 7) is 0.102. The second kappa shape index (κ2) is 7.90. The maximum Gasteiger partial charge on any atom is 0.281 e. The summed E-state index contributed by atoms with van der Waals surface area (Å²) >= 11 is 12.3. The first-order valence-corrected chi connectivity index (χ1v) is 10.6. The third-order valence-electron chi connectivity index (χ3n) is 3.83. The van der Waals surface area contributed by atoms with Crippen LogP contribution in [0.25, 0.3) is 11.3 Å². The van der Waals surface area contributed by atoms with Gasteiger partial charge in [-0.15, -0.1) is 0 Å². The minimum absolute atomic E-state index is 0.0562. The Morgan fingerprint density at radius 2 is 1.93 bits per heavy atom. The van der Waals surface area contributed by atoms with Crippen LogP contribution in [0.4, 0.5) is 4.39 Å². The highest BCUT2D eigenvalue weighted by atomic mass is 35.5. The molecule has 28 heavy (non-hydrogen) atoms. The van der Waals surface area contributed by atoms with Crippen LogP contribution in [0.2, 0.25) is 10.0 Å². The zero-order chi connectivity index (χ0) is 20.5. The average molecular weight is 442 g/mol. The summed E-state index contributed by atoms with van der Waals surface area (Å²) in [4.78, 5) is 16.3. The van der Waals surface area contributed by atoms with E-state index in [9.17, 15) is 17.6 Å². The molecule has 0 atom stereocenters. The van der Waals surface area contributed by atoms with Gasteiger partial charge in [0.2, 0.25) is 10.0 Å². The number of carbonyl (C=O) groups is 1. The van der Waals surface area contributed by atoms with Crippen molar-refractivity contribution in [3.63, 3.8) is 0 Å². The lowest BCUT2D eigenvalue weighted by atomic mass is 10.2. The van der Waals surface area contributed by atoms with Crippen molar-refractivity contribution in [2.75, 3.05) is 6.26 Å². The van der Waals surface area contributed by atoms with Gasteiger partial charge in [0.25, 0.3) is 5.91 Å². The SMILES string of the molecule is CS(=O)(=O)NC(=O)c1ccc(-c2cncc(F)c2)n1Cc1cc(Cl)ccc1Cl. The van der Waals surface area contributed by atoms with Crippen LogP contribution in [0.5, 0.6) is 0 Å². The quantitative estimate of drug-likeness (QED) is 0.653. The number of rotatable bonds is 5. The van der Waals surface area contributed by atoms with E-state index in [0.717, 1.165) is 12.5 Å². The number of hydrogen-bond donors (Lipinski definition) is 1. The smallest absolute Gasteiger partial charge is 0.281 e. The van der Waals surface area contributed by atoms with Crippen molar-refractivity contribution in [2.45, 2.75) is 6.54 Å². The van der Waals surface area contributed by atoms with Gasteiger partial charge in [0.15, 0.2) is 0 Å². The van der Waals surface area contributed by atoms with Gasteiger partial charge >= 0.3 is 0 Å². The predicted molar refractivity (Wildman–Crippen MR) is 105 cm³/mol. The van der Waals surface area contributed by atoms with E-state index in [4.69, 9.17) is 23.2 Å². The highest BCUT2D eigenvalue weighted by Gasteiger charge is 2.20. The Labute approximate surface area is 171 Å². The molecule has 0 saturated carbocycles. The van der Waals surface area contributed by atoms with Crippen molar-refractivity contribution in [1.82, 2.24) is 14.3 Å². The number of aromatic nitrogens is 2. The molecule has 1 N–H and O–H groups in total. The molecule has 0 unspecified atom stereocenters. The Bertz CT molecular complexity index is 1160. The number of nitrogens with zero attached hydrogens (tertiary/aromatic N) is 2. The van der Waals surface area contributed by atoms with Crippen molar-refractivity contribution in [3.05, 3.63) is 75.9 Å². The van der Waals surface area contributed by atoms with Crippen molar-refractivity contribution >= 4 is 39.1 Å². The Morgan fingerprint density at radius 1 is 1.18 bits per heavy atom. The number of benzene rings is 1. The number of pyridine rings is 1. The van der Waals surface area contributed by atoms with E-state index in [2.05, 4.69) is 4.98 Å². The molecule has 3 rings (SSSR count). The zero-order valence-electron chi connectivity index (χ0n) is 14.5. The molecular formula is C18H14Cl2FN3O3S. The summed E-state index contributed by atoms with van der Waals surface area (Å²) in [6.07, 6.45) is 3.37. The fourth-order valence-corrected chi connectivity index (χ4v) is 3.51. The lowest BCUT2D eigenvalue weighted by Crippen LogP contribution is -2.31. The summed E-state index contributed by atoms with van der Waals surface area (Å²) in [7, 11) is -3.77. The van der Waals surface area contributed by atoms with Gasteiger partial charge in [-0.3, -0.25) is 9.78 Å². The van der Waals surface area contributed by atoms with Gasteiger partial charge in [-0.2, -0.15) is 0 Å². The third kappa shape index (κ3) is 4.70. The molecule has 1 amide bonds. The molecule has 1 aromatic carbocycles. The maximum absolute atomic E-state index is 13.6. The monoisotopic (exact) mass is 441 g/mol. The Hall–Kier alpha value is -2.42. The van der Waals surface area contributed by atoms with Crippen LogP contribution in [0.3, 0.4) is 0 Å². The van der Waals surface area contributed by atoms with Gasteiger partial charge in [0.05, 0.1) is 18.1 Å². The second-order valence-electron chi connectivity index (χ2n) is 6.02. The largest absolute Gasteiger partial charge is 0.332 e. The number of sulfonamides is 1. The van der Waals surface area contributed by atoms with Gasteiger partial charge in [0, 0.05) is 28.4 Å². The Morgan fingerprint density at radius 3 is 2.61 bits per heavy atom. The first-order chi connectivity index (χ1) is 13.1. The maximum atomic E-state index is 13.6. The zero-order valence-corrected chi connectivity index (χ0v) is 16.8. The Kier molecular flexibility index (Phi) is 5.74. The van der Waals surface area contributed by atoms with Gasteiger partial charge in [-0.25, -0.2) is 17.5 Å². The fourth-order valence-electron chi connectivity index (χ4n) is 2.70. The van der Waals surface area contributed by atoms with Gasteiger partial charge < -0.3 is 4.57 Å². The molecule has 0 bridgehead atoms. The first kappa shape index (κ1) is 20.3. The summed E-state index contributed by atoms with van der Waals surface area (Å²) in [5.74, 6) is -1.37. The van der Waals surface area contributed by atoms with Crippen molar-refractivity contribution in [1.29, 1.82) is 0 Å². The lowest BCUT2D eigenvalue weighted by molar-refractivity contribution is 0.0973. The van der Waals surface area contributed by atoms with Crippen molar-refractivity contribution < 1.29 is 17.6 Å². The molecule has 2 heterocycles. The molecule has 0 aliphatic rings. The van der Waals surface area contributed by atoms with Crippen LogP contribution < -0.4 is 4.72 Å². The molecule has 0 spiro atoms. The highest BCUT2D eigenvalue weighted by Crippen LogP contribution is 2.27. The first-order valence-electron chi connectivity index (χ1n) is 7.90. The van der Waals surface area contributed by atoms with E-state index in [1.54, 1.807) is 24.3 Å². The van der Waals surface area contributed by atoms with E-state index >= 15 is 0 Å². The summed E-state index contributed by atoms with van der Waals surface area (Å²) in [5.41, 5.74) is 1.53. The standard InChI is InChI=1S/C18H14Cl2FN3O3S/c1-28(26,27)23-18(25)17-5-4-16(11-7-14(21)9-22-8-11)24(17)10-12-6-13(19)2-3-15(12)20/h2-9H,10H2,1H3,(H,23,25). The molecule has 10 heteroatoms. The molecule has 3 aromatic rings. The van der Waals surface area contributed by atoms with E-state index in [1.807, 2.05) is 4.72 Å². The normalized spacial score (nSPS) is 11.4. The fraction of sp³-hybridized carbons (Fsp3) is 0.111. The minimum Gasteiger partial charge on any atom is -0.332 e. The number of nitrogens with one attached hydrogen (secondary N) is 1. The highest BCUT2D eigenvalue weighted by molar-refractivity contribution is 7.89. The lowest BCUT2D eigenvalue weighted by Gasteiger charge is -2.15. The van der Waals surface area contributed by atoms with Crippen LogP contribution in [0.15, 0.2) is 48.8 Å². The second-order valence-corrected chi connectivity index (χ2v) is 8.61. The summed E-state index contributed by atoms with van der Waals surface area (Å²) < 4.78 is 40.0. The molecule has 0 radical (unpaired) electrons. The van der Waals surface area contributed by atoms with Crippen LogP contribution in [-0.4, -0.2) is 30.1 Å². The van der Waals surface area contributed by atoms with E-state index in [0.29, 0.717) is 26.9 Å². The van der Waals surface area contributed by atoms with Crippen LogP contribution >= 0.6 is 23.2 Å². The third-order valence-corrected chi connectivity index (χ3v) is 4.99. The molecule has 2 aromatic heterocycles. The molecule has 0 fully saturated rings. The molecular weight excluding hydrogens is 428 g/mol. The van der Waals surface area contributed by atoms with Gasteiger partial charge in [0.1, 0.15) is 11.5 Å². The molecule has 146 valence electrons. The van der Waals surface area contributed by atoms with E-state index < -0.39 is 21.7 Å². The number of amides is 1.